The Morgan fingerprint density at radius 2 is 0.625 bits per heavy atom. The molecule has 6 heteroatoms. The second kappa shape index (κ2) is 3.82. The van der Waals surface area contributed by atoms with Gasteiger partial charge in [0.2, 0.25) is 0 Å². The Balaban J connectivity index is 0.000000694. The Morgan fingerprint density at radius 3 is 0.825 bits per heavy atom. The van der Waals surface area contributed by atoms with Crippen molar-refractivity contribution < 1.29 is 23.0 Å². The standard InChI is InChI=1S/2C17H14P.2ClH.Fe.Ni/c2*1-3-9-15(10-4-1)18(17-13-7-8-14-17)16-11-5-2-6-12-16;;;;/h2*1-14H;2*1H;;. The molecule has 10 aliphatic rings. The van der Waals surface area contributed by atoms with Crippen molar-refractivity contribution >= 4 is 61.9 Å². The number of benzene rings is 4. The summed E-state index contributed by atoms with van der Waals surface area (Å²) in [5, 5.41) is 6.87. The number of fused-ring (bicyclic) bond motifs is 10. The number of halogens is 2. The summed E-state index contributed by atoms with van der Waals surface area (Å²) in [4.78, 5) is 10.1. The van der Waals surface area contributed by atoms with Gasteiger partial charge in [0, 0.05) is 16.5 Å². The van der Waals surface area contributed by atoms with Gasteiger partial charge >= 0.3 is 212 Å². The topological polar surface area (TPSA) is 0 Å². The fourth-order valence-corrected chi connectivity index (χ4v) is 126. The van der Waals surface area contributed by atoms with Gasteiger partial charge in [0.25, 0.3) is 0 Å². The van der Waals surface area contributed by atoms with E-state index in [0.717, 1.165) is 8.11 Å². The fraction of sp³-hybridized carbons (Fsp3) is 0.294. The zero-order valence-corrected chi connectivity index (χ0v) is 27.1. The van der Waals surface area contributed by atoms with E-state index in [1.165, 1.54) is 38.5 Å². The third-order valence-corrected chi connectivity index (χ3v) is 76.1. The molecule has 10 fully saturated rings. The first-order valence-electron chi connectivity index (χ1n) is 14.1. The summed E-state index contributed by atoms with van der Waals surface area (Å²) in [6.07, 6.45) is 0. The van der Waals surface area contributed by atoms with Gasteiger partial charge in [-0.3, -0.25) is 0 Å². The van der Waals surface area contributed by atoms with E-state index >= 15 is 0 Å². The van der Waals surface area contributed by atoms with Crippen LogP contribution in [0.2, 0.25) is 38.5 Å². The summed E-state index contributed by atoms with van der Waals surface area (Å²) in [5.74, 6) is 0. The van der Waals surface area contributed by atoms with E-state index in [0.29, 0.717) is 0 Å². The van der Waals surface area contributed by atoms with Crippen LogP contribution in [-0.2, 0) is 23.0 Å². The Kier molecular flexibility index (Phi) is 2.27. The number of rotatable bonds is 6. The van der Waals surface area contributed by atoms with E-state index in [-0.39, 0.29) is 57.1 Å². The maximum absolute atomic E-state index is 3.82. The third-order valence-electron chi connectivity index (χ3n) is 19.4. The Morgan fingerprint density at radius 1 is 0.400 bits per heavy atom. The predicted octanol–water partition coefficient (Wildman–Crippen LogP) is 8.30. The summed E-state index contributed by atoms with van der Waals surface area (Å²) >= 11 is 0. The summed E-state index contributed by atoms with van der Waals surface area (Å²) < 4.78 is 1.60. The SMILES string of the molecule is Cl.Cl.[Ni].c1ccc(P(c2ccccc2)[C]23[CH]4[CH]5[CH]6[CH]2[Fe]56432789[CH]3[CH]2[CH]7[C]8(P(c2ccccc2)c2ccccc2)[CH]39)cc1. The molecule has 0 nitrogen and oxygen atoms in total. The first kappa shape index (κ1) is 23.7. The molecule has 8 atom stereocenters. The molecule has 0 bridgehead atoms. The van der Waals surface area contributed by atoms with Crippen molar-refractivity contribution in [1.82, 2.24) is 0 Å². The van der Waals surface area contributed by atoms with E-state index in [1.807, 2.05) is 0 Å². The van der Waals surface area contributed by atoms with Crippen LogP contribution in [-0.4, -0.2) is 8.11 Å². The summed E-state index contributed by atoms with van der Waals surface area (Å²) in [7, 11) is -0.505. The fourth-order valence-electron chi connectivity index (χ4n) is 20.9. The van der Waals surface area contributed by atoms with E-state index in [4.69, 9.17) is 0 Å². The monoisotopic (exact) mass is 684 g/mol. The molecule has 10 aliphatic heterocycles. The minimum atomic E-state index is -3.82. The van der Waals surface area contributed by atoms with Gasteiger partial charge in [-0.15, -0.1) is 24.8 Å². The molecule has 0 radical (unpaired) electrons. The van der Waals surface area contributed by atoms with Gasteiger partial charge in [-0.2, -0.15) is 0 Å². The average Bonchev–Trinajstić information content (AvgIpc) is 3.92. The first-order valence-corrected chi connectivity index (χ1v) is 23.0. The molecule has 0 aromatic heterocycles. The second-order valence-corrected chi connectivity index (χ2v) is 44.6. The molecule has 0 aliphatic carbocycles. The van der Waals surface area contributed by atoms with E-state index in [9.17, 15) is 0 Å². The van der Waals surface area contributed by atoms with Crippen LogP contribution in [0.3, 0.4) is 0 Å². The van der Waals surface area contributed by atoms with Crippen LogP contribution in [0.15, 0.2) is 121 Å². The quantitative estimate of drug-likeness (QED) is 0.142. The van der Waals surface area contributed by atoms with Gasteiger partial charge in [-0.1, -0.05) is 0 Å². The molecule has 0 saturated carbocycles. The van der Waals surface area contributed by atoms with Crippen molar-refractivity contribution in [2.45, 2.75) is 46.6 Å². The maximum atomic E-state index is 2.54. The molecule has 8 unspecified atom stereocenters. The van der Waals surface area contributed by atoms with Gasteiger partial charge in [0.05, 0.1) is 0 Å². The van der Waals surface area contributed by atoms with Crippen molar-refractivity contribution in [2.24, 2.45) is 0 Å². The van der Waals surface area contributed by atoms with Crippen LogP contribution < -0.4 is 21.2 Å². The Labute approximate surface area is 251 Å². The molecule has 10 heterocycles. The van der Waals surface area contributed by atoms with Crippen molar-refractivity contribution in [3.8, 4) is 0 Å². The third kappa shape index (κ3) is 0.605. The van der Waals surface area contributed by atoms with Crippen molar-refractivity contribution in [3.05, 3.63) is 121 Å². The number of hydrogen-bond acceptors (Lipinski definition) is 0. The van der Waals surface area contributed by atoms with Crippen molar-refractivity contribution in [2.75, 3.05) is 0 Å². The molecule has 10 saturated heterocycles. The second-order valence-electron chi connectivity index (χ2n) is 15.7. The van der Waals surface area contributed by atoms with Crippen molar-refractivity contribution in [3.63, 3.8) is 0 Å². The molecule has 40 heavy (non-hydrogen) atoms. The van der Waals surface area contributed by atoms with Crippen LogP contribution in [0.4, 0.5) is 0 Å². The van der Waals surface area contributed by atoms with Crippen LogP contribution >= 0.6 is 40.7 Å². The molecule has 0 amide bonds. The normalized spacial score (nSPS) is 58.4. The molecule has 0 N–H and O–H groups in total. The molecule has 14 rings (SSSR count). The predicted molar refractivity (Wildman–Crippen MR) is 168 cm³/mol. The molecule has 1 spiro atoms. The molecule has 4 aromatic carbocycles. The molecule has 208 valence electrons. The molecular weight excluding hydrogens is 656 g/mol. The van der Waals surface area contributed by atoms with Crippen LogP contribution in [0.1, 0.15) is 0 Å². The Bertz CT molecular complexity index is 1930. The van der Waals surface area contributed by atoms with Crippen LogP contribution in [0.25, 0.3) is 0 Å². The van der Waals surface area contributed by atoms with Gasteiger partial charge in [-0.05, 0) is 0 Å². The van der Waals surface area contributed by atoms with Gasteiger partial charge in [-0.25, -0.2) is 0 Å². The summed E-state index contributed by atoms with van der Waals surface area (Å²) in [6.45, 7) is -3.82. The zero-order chi connectivity index (χ0) is 23.5. The number of hydrogen-bond donors (Lipinski definition) is 0. The zero-order valence-electron chi connectivity index (χ0n) is 21.5. The average molecular weight is 686 g/mol. The van der Waals surface area contributed by atoms with Gasteiger partial charge < -0.3 is 0 Å². The van der Waals surface area contributed by atoms with Crippen LogP contribution in [0.5, 0.6) is 0 Å². The van der Waals surface area contributed by atoms with Gasteiger partial charge in [0.15, 0.2) is 0 Å². The summed E-state index contributed by atoms with van der Waals surface area (Å²) in [5.41, 5.74) is 0. The van der Waals surface area contributed by atoms with Crippen molar-refractivity contribution in [1.29, 1.82) is 0 Å². The molecule has 4 aromatic rings. The first-order chi connectivity index (χ1) is 18.1. The summed E-state index contributed by atoms with van der Waals surface area (Å²) in [6, 6.07) is 48.0. The van der Waals surface area contributed by atoms with E-state index in [1.54, 1.807) is 21.2 Å². The van der Waals surface area contributed by atoms with E-state index in [2.05, 4.69) is 121 Å². The minimum absolute atomic E-state index is 0. The molecular formula is C34H30Cl2FeNiP2. The van der Waals surface area contributed by atoms with Crippen LogP contribution in [0, 0.1) is 0 Å². The Hall–Kier alpha value is -0.667. The van der Waals surface area contributed by atoms with E-state index < -0.39 is 6.51 Å². The van der Waals surface area contributed by atoms with Gasteiger partial charge in [0.1, 0.15) is 0 Å².